The third-order valence-corrected chi connectivity index (χ3v) is 3.06. The van der Waals surface area contributed by atoms with Gasteiger partial charge in [-0.2, -0.15) is 0 Å². The van der Waals surface area contributed by atoms with Crippen LogP contribution >= 0.6 is 15.9 Å². The second-order valence-electron chi connectivity index (χ2n) is 3.98. The average Bonchev–Trinajstić information content (AvgIpc) is 2.27. The molecule has 0 bridgehead atoms. The topological polar surface area (TPSA) is 75.3 Å². The molecule has 17 heavy (non-hydrogen) atoms. The normalized spacial score (nSPS) is 12.2. The first-order valence-corrected chi connectivity index (χ1v) is 6.31. The molecule has 0 aliphatic carbocycles. The van der Waals surface area contributed by atoms with Gasteiger partial charge in [0.25, 0.3) is 5.91 Å². The van der Waals surface area contributed by atoms with E-state index >= 15 is 0 Å². The Kier molecular flexibility index (Phi) is 5.44. The number of carbonyl (C=O) groups excluding carboxylic acids is 1. The summed E-state index contributed by atoms with van der Waals surface area (Å²) >= 11 is 3.27. The SMILES string of the molecule is CC(O)CCCNC(=O)c1ccc(Br)c(N)c1. The highest BCUT2D eigenvalue weighted by Crippen LogP contribution is 2.20. The predicted molar refractivity (Wildman–Crippen MR) is 71.8 cm³/mol. The van der Waals surface area contributed by atoms with Crippen LogP contribution in [0.3, 0.4) is 0 Å². The molecule has 94 valence electrons. The highest BCUT2D eigenvalue weighted by Gasteiger charge is 2.06. The van der Waals surface area contributed by atoms with Crippen molar-refractivity contribution in [1.82, 2.24) is 5.32 Å². The van der Waals surface area contributed by atoms with Crippen LogP contribution in [0.15, 0.2) is 22.7 Å². The monoisotopic (exact) mass is 300 g/mol. The lowest BCUT2D eigenvalue weighted by Crippen LogP contribution is -2.25. The molecule has 1 atom stereocenters. The molecule has 0 saturated heterocycles. The Hall–Kier alpha value is -1.07. The summed E-state index contributed by atoms with van der Waals surface area (Å²) < 4.78 is 0.781. The second kappa shape index (κ2) is 6.61. The summed E-state index contributed by atoms with van der Waals surface area (Å²) in [6.07, 6.45) is 1.12. The van der Waals surface area contributed by atoms with E-state index in [2.05, 4.69) is 21.2 Å². The minimum atomic E-state index is -0.324. The van der Waals surface area contributed by atoms with Crippen molar-refractivity contribution in [2.45, 2.75) is 25.9 Å². The van der Waals surface area contributed by atoms with Crippen LogP contribution in [-0.2, 0) is 0 Å². The molecule has 4 N–H and O–H groups in total. The largest absolute Gasteiger partial charge is 0.398 e. The van der Waals surface area contributed by atoms with Crippen LogP contribution in [0.5, 0.6) is 0 Å². The number of amides is 1. The molecule has 1 rings (SSSR count). The predicted octanol–water partition coefficient (Wildman–Crippen LogP) is 1.92. The Morgan fingerprint density at radius 1 is 1.59 bits per heavy atom. The average molecular weight is 301 g/mol. The molecule has 0 spiro atoms. The standard InChI is InChI=1S/C12H17BrN2O2/c1-8(16)3-2-6-15-12(17)9-4-5-10(13)11(14)7-9/h4-5,7-8,16H,2-3,6,14H2,1H3,(H,15,17). The number of benzene rings is 1. The lowest BCUT2D eigenvalue weighted by atomic mass is 10.2. The van der Waals surface area contributed by atoms with Crippen molar-refractivity contribution in [3.05, 3.63) is 28.2 Å². The first-order chi connectivity index (χ1) is 8.00. The maximum Gasteiger partial charge on any atom is 0.251 e. The van der Waals surface area contributed by atoms with Crippen LogP contribution in [0.4, 0.5) is 5.69 Å². The van der Waals surface area contributed by atoms with Crippen LogP contribution in [0.25, 0.3) is 0 Å². The Morgan fingerprint density at radius 3 is 2.88 bits per heavy atom. The molecular weight excluding hydrogens is 284 g/mol. The number of hydrogen-bond acceptors (Lipinski definition) is 3. The van der Waals surface area contributed by atoms with Crippen LogP contribution in [0.2, 0.25) is 0 Å². The Labute approximate surface area is 109 Å². The number of hydrogen-bond donors (Lipinski definition) is 3. The molecule has 0 aliphatic heterocycles. The van der Waals surface area contributed by atoms with Gasteiger partial charge in [-0.15, -0.1) is 0 Å². The van der Waals surface area contributed by atoms with Gasteiger partial charge >= 0.3 is 0 Å². The van der Waals surface area contributed by atoms with Gasteiger partial charge < -0.3 is 16.2 Å². The molecule has 0 aliphatic rings. The first kappa shape index (κ1) is 14.0. The molecular formula is C12H17BrN2O2. The van der Waals surface area contributed by atoms with Crippen molar-refractivity contribution in [1.29, 1.82) is 0 Å². The number of aliphatic hydroxyl groups is 1. The van der Waals surface area contributed by atoms with Crippen molar-refractivity contribution in [3.63, 3.8) is 0 Å². The summed E-state index contributed by atoms with van der Waals surface area (Å²) in [6.45, 7) is 2.29. The Balaban J connectivity index is 2.44. The van der Waals surface area contributed by atoms with Crippen molar-refractivity contribution in [2.75, 3.05) is 12.3 Å². The van der Waals surface area contributed by atoms with E-state index in [9.17, 15) is 4.79 Å². The van der Waals surface area contributed by atoms with E-state index in [0.717, 1.165) is 10.9 Å². The second-order valence-corrected chi connectivity index (χ2v) is 4.84. The maximum atomic E-state index is 11.7. The summed E-state index contributed by atoms with van der Waals surface area (Å²) in [6, 6.07) is 5.10. The zero-order valence-electron chi connectivity index (χ0n) is 9.74. The van der Waals surface area contributed by atoms with Gasteiger partial charge in [-0.3, -0.25) is 4.79 Å². The number of rotatable bonds is 5. The van der Waals surface area contributed by atoms with Crippen molar-refractivity contribution in [2.24, 2.45) is 0 Å². The van der Waals surface area contributed by atoms with Gasteiger partial charge in [-0.25, -0.2) is 0 Å². The summed E-state index contributed by atoms with van der Waals surface area (Å²) in [5.41, 5.74) is 6.78. The molecule has 0 radical (unpaired) electrons. The van der Waals surface area contributed by atoms with Gasteiger partial charge in [-0.05, 0) is 53.9 Å². The van der Waals surface area contributed by atoms with Crippen molar-refractivity contribution in [3.8, 4) is 0 Å². The van der Waals surface area contributed by atoms with Gasteiger partial charge in [0, 0.05) is 22.3 Å². The smallest absolute Gasteiger partial charge is 0.251 e. The third-order valence-electron chi connectivity index (χ3n) is 2.34. The number of carbonyl (C=O) groups is 1. The van der Waals surface area contributed by atoms with Crippen LogP contribution < -0.4 is 11.1 Å². The number of anilines is 1. The minimum Gasteiger partial charge on any atom is -0.398 e. The summed E-state index contributed by atoms with van der Waals surface area (Å²) in [4.78, 5) is 11.7. The fraction of sp³-hybridized carbons (Fsp3) is 0.417. The van der Waals surface area contributed by atoms with E-state index in [-0.39, 0.29) is 12.0 Å². The van der Waals surface area contributed by atoms with E-state index in [0.29, 0.717) is 24.2 Å². The van der Waals surface area contributed by atoms with Gasteiger partial charge in [0.05, 0.1) is 6.10 Å². The molecule has 1 unspecified atom stereocenters. The van der Waals surface area contributed by atoms with Crippen LogP contribution in [0.1, 0.15) is 30.1 Å². The Morgan fingerprint density at radius 2 is 2.29 bits per heavy atom. The zero-order chi connectivity index (χ0) is 12.8. The summed E-state index contributed by atoms with van der Waals surface area (Å²) in [5.74, 6) is -0.144. The molecule has 0 fully saturated rings. The lowest BCUT2D eigenvalue weighted by molar-refractivity contribution is 0.0949. The molecule has 0 heterocycles. The van der Waals surface area contributed by atoms with E-state index in [1.807, 2.05) is 0 Å². The van der Waals surface area contributed by atoms with Gasteiger partial charge in [-0.1, -0.05) is 0 Å². The molecule has 1 amide bonds. The number of nitrogens with two attached hydrogens (primary N) is 1. The Bertz CT molecular complexity index is 394. The van der Waals surface area contributed by atoms with Crippen LogP contribution in [-0.4, -0.2) is 23.7 Å². The highest BCUT2D eigenvalue weighted by atomic mass is 79.9. The van der Waals surface area contributed by atoms with E-state index in [1.54, 1.807) is 25.1 Å². The van der Waals surface area contributed by atoms with E-state index in [4.69, 9.17) is 10.8 Å². The molecule has 1 aromatic carbocycles. The maximum absolute atomic E-state index is 11.7. The fourth-order valence-electron chi connectivity index (χ4n) is 1.39. The van der Waals surface area contributed by atoms with Gasteiger partial charge in [0.2, 0.25) is 0 Å². The van der Waals surface area contributed by atoms with Crippen molar-refractivity contribution >= 4 is 27.5 Å². The zero-order valence-corrected chi connectivity index (χ0v) is 11.3. The lowest BCUT2D eigenvalue weighted by Gasteiger charge is -2.07. The molecule has 5 heteroatoms. The third kappa shape index (κ3) is 4.75. The quantitative estimate of drug-likeness (QED) is 0.574. The molecule has 4 nitrogen and oxygen atoms in total. The van der Waals surface area contributed by atoms with E-state index < -0.39 is 0 Å². The van der Waals surface area contributed by atoms with Crippen LogP contribution in [0, 0.1) is 0 Å². The first-order valence-electron chi connectivity index (χ1n) is 5.52. The molecule has 0 saturated carbocycles. The number of aliphatic hydroxyl groups excluding tert-OH is 1. The number of nitrogens with one attached hydrogen (secondary N) is 1. The van der Waals surface area contributed by atoms with E-state index in [1.165, 1.54) is 0 Å². The molecule has 0 aromatic heterocycles. The fourth-order valence-corrected chi connectivity index (χ4v) is 1.63. The summed E-state index contributed by atoms with van der Waals surface area (Å²) in [7, 11) is 0. The molecule has 1 aromatic rings. The van der Waals surface area contributed by atoms with Gasteiger partial charge in [0.15, 0.2) is 0 Å². The van der Waals surface area contributed by atoms with Gasteiger partial charge in [0.1, 0.15) is 0 Å². The summed E-state index contributed by atoms with van der Waals surface area (Å²) in [5, 5.41) is 11.8. The minimum absolute atomic E-state index is 0.144. The highest BCUT2D eigenvalue weighted by molar-refractivity contribution is 9.10. The van der Waals surface area contributed by atoms with Crippen molar-refractivity contribution < 1.29 is 9.90 Å². The number of nitrogen functional groups attached to an aromatic ring is 1. The number of halogens is 1.